The molecule has 0 radical (unpaired) electrons. The molecule has 0 fully saturated rings. The number of hydrogen-bond acceptors (Lipinski definition) is 4. The molecule has 6 nitrogen and oxygen atoms in total. The summed E-state index contributed by atoms with van der Waals surface area (Å²) in [6, 6.07) is 6.43. The topological polar surface area (TPSA) is 84.5 Å². The SMILES string of the molecule is Cc1ccc(C(=O)OCC(=O)NCC(=O)Nc2ccc(F)c(F)c2F)cc1C. The minimum atomic E-state index is -1.72. The van der Waals surface area contributed by atoms with Gasteiger partial charge in [0.15, 0.2) is 24.1 Å². The van der Waals surface area contributed by atoms with Gasteiger partial charge in [0.05, 0.1) is 17.8 Å². The van der Waals surface area contributed by atoms with Gasteiger partial charge in [-0.3, -0.25) is 9.59 Å². The monoisotopic (exact) mass is 394 g/mol. The van der Waals surface area contributed by atoms with Crippen molar-refractivity contribution in [2.75, 3.05) is 18.5 Å². The van der Waals surface area contributed by atoms with Crippen molar-refractivity contribution >= 4 is 23.5 Å². The normalized spacial score (nSPS) is 10.3. The van der Waals surface area contributed by atoms with Crippen molar-refractivity contribution < 1.29 is 32.3 Å². The van der Waals surface area contributed by atoms with Gasteiger partial charge in [0.25, 0.3) is 5.91 Å². The van der Waals surface area contributed by atoms with Crippen LogP contribution in [0.4, 0.5) is 18.9 Å². The minimum Gasteiger partial charge on any atom is -0.452 e. The number of carbonyl (C=O) groups is 3. The first kappa shape index (κ1) is 20.9. The van der Waals surface area contributed by atoms with E-state index in [1.165, 1.54) is 0 Å². The maximum atomic E-state index is 13.5. The Bertz CT molecular complexity index is 932. The fourth-order valence-electron chi connectivity index (χ4n) is 2.13. The Hall–Kier alpha value is -3.36. The molecule has 0 saturated heterocycles. The second-order valence-corrected chi connectivity index (χ2v) is 5.92. The van der Waals surface area contributed by atoms with E-state index in [1.54, 1.807) is 18.2 Å². The van der Waals surface area contributed by atoms with E-state index < -0.39 is 54.1 Å². The van der Waals surface area contributed by atoms with Crippen LogP contribution in [0.5, 0.6) is 0 Å². The third-order valence-electron chi connectivity index (χ3n) is 3.83. The zero-order valence-corrected chi connectivity index (χ0v) is 15.1. The van der Waals surface area contributed by atoms with Gasteiger partial charge in [-0.2, -0.15) is 0 Å². The molecule has 2 rings (SSSR count). The van der Waals surface area contributed by atoms with Gasteiger partial charge >= 0.3 is 5.97 Å². The number of rotatable bonds is 6. The molecule has 0 heterocycles. The van der Waals surface area contributed by atoms with E-state index in [0.29, 0.717) is 6.07 Å². The second-order valence-electron chi connectivity index (χ2n) is 5.92. The summed E-state index contributed by atoms with van der Waals surface area (Å²) >= 11 is 0. The van der Waals surface area contributed by atoms with Gasteiger partial charge in [-0.05, 0) is 49.2 Å². The predicted octanol–water partition coefficient (Wildman–Crippen LogP) is 2.63. The summed E-state index contributed by atoms with van der Waals surface area (Å²) in [4.78, 5) is 35.2. The number of aryl methyl sites for hydroxylation is 2. The number of anilines is 1. The lowest BCUT2D eigenvalue weighted by Crippen LogP contribution is -2.35. The van der Waals surface area contributed by atoms with E-state index in [2.05, 4.69) is 5.32 Å². The molecular weight excluding hydrogens is 377 g/mol. The largest absolute Gasteiger partial charge is 0.452 e. The van der Waals surface area contributed by atoms with Crippen LogP contribution in [-0.4, -0.2) is 30.9 Å². The predicted molar refractivity (Wildman–Crippen MR) is 94.2 cm³/mol. The standard InChI is InChI=1S/C19H17F3N2O4/c1-10-3-4-12(7-11(10)2)19(27)28-9-16(26)23-8-15(25)24-14-6-5-13(20)17(21)18(14)22/h3-7H,8-9H2,1-2H3,(H,23,26)(H,24,25). The Balaban J connectivity index is 1.80. The molecule has 0 unspecified atom stereocenters. The number of carbonyl (C=O) groups excluding carboxylic acids is 3. The van der Waals surface area contributed by atoms with E-state index >= 15 is 0 Å². The van der Waals surface area contributed by atoms with Crippen molar-refractivity contribution in [3.8, 4) is 0 Å². The Kier molecular flexibility index (Phi) is 6.75. The smallest absolute Gasteiger partial charge is 0.338 e. The first-order valence-corrected chi connectivity index (χ1v) is 8.13. The zero-order valence-electron chi connectivity index (χ0n) is 15.1. The van der Waals surface area contributed by atoms with E-state index in [-0.39, 0.29) is 5.56 Å². The molecule has 0 aromatic heterocycles. The highest BCUT2D eigenvalue weighted by molar-refractivity contribution is 5.95. The lowest BCUT2D eigenvalue weighted by Gasteiger charge is -2.09. The van der Waals surface area contributed by atoms with Crippen LogP contribution < -0.4 is 10.6 Å². The highest BCUT2D eigenvalue weighted by atomic mass is 19.2. The molecular formula is C19H17F3N2O4. The van der Waals surface area contributed by atoms with Crippen LogP contribution in [0.15, 0.2) is 30.3 Å². The Morgan fingerprint density at radius 2 is 1.64 bits per heavy atom. The summed E-state index contributed by atoms with van der Waals surface area (Å²) in [5, 5.41) is 4.15. The molecule has 2 aromatic rings. The maximum absolute atomic E-state index is 13.5. The third-order valence-corrected chi connectivity index (χ3v) is 3.83. The quantitative estimate of drug-likeness (QED) is 0.583. The molecule has 2 aromatic carbocycles. The van der Waals surface area contributed by atoms with Gasteiger partial charge in [0.2, 0.25) is 5.91 Å². The van der Waals surface area contributed by atoms with Gasteiger partial charge in [0, 0.05) is 0 Å². The summed E-state index contributed by atoms with van der Waals surface area (Å²) < 4.78 is 44.3. The molecule has 9 heteroatoms. The highest BCUT2D eigenvalue weighted by Gasteiger charge is 2.16. The van der Waals surface area contributed by atoms with Crippen LogP contribution >= 0.6 is 0 Å². The van der Waals surface area contributed by atoms with Gasteiger partial charge in [-0.1, -0.05) is 6.07 Å². The van der Waals surface area contributed by atoms with Gasteiger partial charge in [0.1, 0.15) is 0 Å². The van der Waals surface area contributed by atoms with Crippen molar-refractivity contribution in [2.24, 2.45) is 0 Å². The number of ether oxygens (including phenoxy) is 1. The van der Waals surface area contributed by atoms with Crippen molar-refractivity contribution in [3.05, 3.63) is 64.5 Å². The Morgan fingerprint density at radius 1 is 0.929 bits per heavy atom. The molecule has 0 atom stereocenters. The van der Waals surface area contributed by atoms with Crippen LogP contribution in [0, 0.1) is 31.3 Å². The Morgan fingerprint density at radius 3 is 2.32 bits per heavy atom. The fraction of sp³-hybridized carbons (Fsp3) is 0.211. The van der Waals surface area contributed by atoms with Crippen molar-refractivity contribution in [3.63, 3.8) is 0 Å². The van der Waals surface area contributed by atoms with Gasteiger partial charge in [-0.25, -0.2) is 18.0 Å². The average Bonchev–Trinajstić information content (AvgIpc) is 2.67. The highest BCUT2D eigenvalue weighted by Crippen LogP contribution is 2.19. The van der Waals surface area contributed by atoms with E-state index in [0.717, 1.165) is 17.2 Å². The average molecular weight is 394 g/mol. The van der Waals surface area contributed by atoms with Gasteiger partial charge < -0.3 is 15.4 Å². The summed E-state index contributed by atoms with van der Waals surface area (Å²) in [5.74, 6) is -7.01. The molecule has 148 valence electrons. The number of hydrogen-bond donors (Lipinski definition) is 2. The summed E-state index contributed by atoms with van der Waals surface area (Å²) in [6.45, 7) is 2.50. The number of nitrogens with one attached hydrogen (secondary N) is 2. The summed E-state index contributed by atoms with van der Waals surface area (Å²) in [6.07, 6.45) is 0. The van der Waals surface area contributed by atoms with Crippen molar-refractivity contribution in [1.29, 1.82) is 0 Å². The van der Waals surface area contributed by atoms with Crippen LogP contribution in [0.3, 0.4) is 0 Å². The lowest BCUT2D eigenvalue weighted by atomic mass is 10.1. The minimum absolute atomic E-state index is 0.280. The molecule has 2 amide bonds. The molecule has 0 spiro atoms. The number of halogens is 3. The van der Waals surface area contributed by atoms with Gasteiger partial charge in [-0.15, -0.1) is 0 Å². The molecule has 0 aliphatic rings. The van der Waals surface area contributed by atoms with Crippen molar-refractivity contribution in [1.82, 2.24) is 5.32 Å². The summed E-state index contributed by atoms with van der Waals surface area (Å²) in [5.41, 5.74) is 1.60. The molecule has 0 saturated carbocycles. The summed E-state index contributed by atoms with van der Waals surface area (Å²) in [7, 11) is 0. The molecule has 0 bridgehead atoms. The van der Waals surface area contributed by atoms with E-state index in [1.807, 2.05) is 19.2 Å². The molecule has 0 aliphatic carbocycles. The number of benzene rings is 2. The van der Waals surface area contributed by atoms with Crippen LogP contribution in [-0.2, 0) is 14.3 Å². The number of esters is 1. The maximum Gasteiger partial charge on any atom is 0.338 e. The Labute approximate surface area is 158 Å². The molecule has 28 heavy (non-hydrogen) atoms. The fourth-order valence-corrected chi connectivity index (χ4v) is 2.13. The van der Waals surface area contributed by atoms with E-state index in [4.69, 9.17) is 4.74 Å². The molecule has 2 N–H and O–H groups in total. The second kappa shape index (κ2) is 9.03. The first-order valence-electron chi connectivity index (χ1n) is 8.13. The van der Waals surface area contributed by atoms with Crippen LogP contribution in [0.25, 0.3) is 0 Å². The van der Waals surface area contributed by atoms with Crippen LogP contribution in [0.2, 0.25) is 0 Å². The zero-order chi connectivity index (χ0) is 20.8. The third kappa shape index (κ3) is 5.32. The lowest BCUT2D eigenvalue weighted by molar-refractivity contribution is -0.126. The van der Waals surface area contributed by atoms with Crippen LogP contribution in [0.1, 0.15) is 21.5 Å². The number of amides is 2. The van der Waals surface area contributed by atoms with Crippen molar-refractivity contribution in [2.45, 2.75) is 13.8 Å². The first-order chi connectivity index (χ1) is 13.2. The molecule has 0 aliphatic heterocycles. The van der Waals surface area contributed by atoms with E-state index in [9.17, 15) is 27.6 Å².